The number of piperidine rings is 1. The molecule has 1 aromatic carbocycles. The summed E-state index contributed by atoms with van der Waals surface area (Å²) in [4.78, 5) is 26.6. The lowest BCUT2D eigenvalue weighted by Crippen LogP contribution is -2.57. The van der Waals surface area contributed by atoms with Crippen LogP contribution in [0, 0.1) is 0 Å². The topological polar surface area (TPSA) is 128 Å². The van der Waals surface area contributed by atoms with Crippen molar-refractivity contribution in [2.75, 3.05) is 18.0 Å². The van der Waals surface area contributed by atoms with Gasteiger partial charge in [-0.2, -0.15) is 13.2 Å². The normalized spacial score (nSPS) is 22.6. The molecule has 2 aromatic rings. The van der Waals surface area contributed by atoms with Crippen LogP contribution in [0.3, 0.4) is 0 Å². The summed E-state index contributed by atoms with van der Waals surface area (Å²) in [6, 6.07) is 8.96. The zero-order valence-corrected chi connectivity index (χ0v) is 19.0. The summed E-state index contributed by atoms with van der Waals surface area (Å²) >= 11 is 0. The third-order valence-electron chi connectivity index (χ3n) is 6.10. The van der Waals surface area contributed by atoms with Crippen LogP contribution in [0.15, 0.2) is 41.1 Å². The van der Waals surface area contributed by atoms with E-state index in [1.165, 1.54) is 5.69 Å². The summed E-state index contributed by atoms with van der Waals surface area (Å²) in [6.45, 7) is 1.98. The van der Waals surface area contributed by atoms with Crippen molar-refractivity contribution >= 4 is 17.7 Å². The lowest BCUT2D eigenvalue weighted by molar-refractivity contribution is -0.192. The molecule has 1 aliphatic heterocycles. The van der Waals surface area contributed by atoms with Crippen LogP contribution in [-0.4, -0.2) is 64.7 Å². The molecule has 1 amide bonds. The number of hydrogen-bond acceptors (Lipinski definition) is 6. The van der Waals surface area contributed by atoms with E-state index in [4.69, 9.17) is 19.4 Å². The third-order valence-corrected chi connectivity index (χ3v) is 6.10. The first-order chi connectivity index (χ1) is 16.6. The highest BCUT2D eigenvalue weighted by Gasteiger charge is 2.38. The van der Waals surface area contributed by atoms with Gasteiger partial charge in [0.15, 0.2) is 0 Å². The number of hydrogen-bond donors (Lipinski definition) is 4. The number of carbonyl (C=O) groups is 2. The number of benzene rings is 1. The van der Waals surface area contributed by atoms with Crippen LogP contribution in [0.4, 0.5) is 23.7 Å². The predicted octanol–water partition coefficient (Wildman–Crippen LogP) is 4.11. The molecule has 9 nitrogen and oxygen atoms in total. The quantitative estimate of drug-likeness (QED) is 0.485. The van der Waals surface area contributed by atoms with Gasteiger partial charge in [-0.05, 0) is 49.9 Å². The van der Waals surface area contributed by atoms with E-state index >= 15 is 0 Å². The Morgan fingerprint density at radius 2 is 1.69 bits per heavy atom. The van der Waals surface area contributed by atoms with Crippen LogP contribution in [0.5, 0.6) is 0 Å². The number of carboxylic acids is 1. The Balaban J connectivity index is 0.000000429. The van der Waals surface area contributed by atoms with Gasteiger partial charge < -0.3 is 30.2 Å². The van der Waals surface area contributed by atoms with Gasteiger partial charge in [0, 0.05) is 42.5 Å². The molecule has 0 unspecified atom stereocenters. The number of halogens is 3. The second-order valence-corrected chi connectivity index (χ2v) is 8.59. The van der Waals surface area contributed by atoms with E-state index in [0.29, 0.717) is 11.9 Å². The fourth-order valence-electron chi connectivity index (χ4n) is 4.49. The van der Waals surface area contributed by atoms with E-state index in [2.05, 4.69) is 32.7 Å². The van der Waals surface area contributed by atoms with Gasteiger partial charge in [-0.1, -0.05) is 12.8 Å². The van der Waals surface area contributed by atoms with E-state index in [1.54, 1.807) is 12.5 Å². The first-order valence-electron chi connectivity index (χ1n) is 11.4. The molecule has 35 heavy (non-hydrogen) atoms. The molecule has 192 valence electrons. The fraction of sp³-hybridized carbons (Fsp3) is 0.522. The molecule has 4 rings (SSSR count). The summed E-state index contributed by atoms with van der Waals surface area (Å²) in [5.74, 6) is -2.12. The second-order valence-electron chi connectivity index (χ2n) is 8.59. The average Bonchev–Trinajstić information content (AvgIpc) is 3.35. The maximum absolute atomic E-state index is 11.1. The minimum Gasteiger partial charge on any atom is -0.475 e. The van der Waals surface area contributed by atoms with Crippen molar-refractivity contribution in [3.63, 3.8) is 0 Å². The van der Waals surface area contributed by atoms with Crippen molar-refractivity contribution in [1.82, 2.24) is 15.6 Å². The SMILES string of the molecule is O=C(O)C(F)(F)F.O=C(O)N[C@@H]1CCCC[C@H]1N[C@H]1CCCN(c2ccc(-c3ncco3)cc2)C1. The molecule has 4 N–H and O–H groups in total. The maximum Gasteiger partial charge on any atom is 0.490 e. The zero-order valence-electron chi connectivity index (χ0n) is 19.0. The smallest absolute Gasteiger partial charge is 0.475 e. The number of alkyl halides is 3. The number of nitrogens with one attached hydrogen (secondary N) is 2. The van der Waals surface area contributed by atoms with Crippen molar-refractivity contribution in [3.8, 4) is 11.5 Å². The highest BCUT2D eigenvalue weighted by molar-refractivity contribution is 5.73. The lowest BCUT2D eigenvalue weighted by atomic mass is 9.89. The minimum atomic E-state index is -5.08. The number of rotatable bonds is 5. The second kappa shape index (κ2) is 11.9. The highest BCUT2D eigenvalue weighted by atomic mass is 19.4. The molecule has 1 aliphatic carbocycles. The number of oxazole rings is 1. The molecule has 0 bridgehead atoms. The maximum atomic E-state index is 11.1. The first kappa shape index (κ1) is 26.3. The Kier molecular flexibility index (Phi) is 8.96. The molecule has 0 radical (unpaired) electrons. The van der Waals surface area contributed by atoms with Crippen LogP contribution in [0.1, 0.15) is 38.5 Å². The molecule has 1 aromatic heterocycles. The van der Waals surface area contributed by atoms with E-state index < -0.39 is 18.2 Å². The van der Waals surface area contributed by atoms with Crippen LogP contribution in [-0.2, 0) is 4.79 Å². The molecule has 2 fully saturated rings. The zero-order chi connectivity index (χ0) is 25.4. The Morgan fingerprint density at radius 3 is 2.26 bits per heavy atom. The van der Waals surface area contributed by atoms with Gasteiger partial charge in [0.2, 0.25) is 5.89 Å². The number of amides is 1. The van der Waals surface area contributed by atoms with E-state index in [-0.39, 0.29) is 12.1 Å². The number of aliphatic carboxylic acids is 1. The molecule has 12 heteroatoms. The highest BCUT2D eigenvalue weighted by Crippen LogP contribution is 2.26. The van der Waals surface area contributed by atoms with Gasteiger partial charge in [0.25, 0.3) is 0 Å². The number of aromatic nitrogens is 1. The number of anilines is 1. The van der Waals surface area contributed by atoms with Crippen molar-refractivity contribution in [2.24, 2.45) is 0 Å². The molecule has 0 spiro atoms. The molecule has 3 atom stereocenters. The van der Waals surface area contributed by atoms with Crippen molar-refractivity contribution < 1.29 is 37.4 Å². The molecule has 1 saturated heterocycles. The Morgan fingerprint density at radius 1 is 1.03 bits per heavy atom. The lowest BCUT2D eigenvalue weighted by Gasteiger charge is -2.40. The van der Waals surface area contributed by atoms with Gasteiger partial charge in [-0.3, -0.25) is 0 Å². The molecular weight excluding hydrogens is 469 g/mol. The fourth-order valence-corrected chi connectivity index (χ4v) is 4.49. The van der Waals surface area contributed by atoms with Gasteiger partial charge in [0.05, 0.1) is 6.20 Å². The monoisotopic (exact) mass is 498 g/mol. The van der Waals surface area contributed by atoms with Gasteiger partial charge in [-0.15, -0.1) is 0 Å². The number of nitrogens with zero attached hydrogens (tertiary/aromatic N) is 2. The molecular formula is C23H29F3N4O5. The van der Waals surface area contributed by atoms with Crippen molar-refractivity contribution in [3.05, 3.63) is 36.7 Å². The predicted molar refractivity (Wildman–Crippen MR) is 121 cm³/mol. The summed E-state index contributed by atoms with van der Waals surface area (Å²) < 4.78 is 37.1. The Bertz CT molecular complexity index is 953. The third kappa shape index (κ3) is 7.88. The summed E-state index contributed by atoms with van der Waals surface area (Å²) in [7, 11) is 0. The van der Waals surface area contributed by atoms with E-state index in [0.717, 1.165) is 57.2 Å². The molecule has 2 heterocycles. The van der Waals surface area contributed by atoms with Crippen molar-refractivity contribution in [1.29, 1.82) is 0 Å². The Hall–Kier alpha value is -3.28. The summed E-state index contributed by atoms with van der Waals surface area (Å²) in [6.07, 6.45) is 3.70. The van der Waals surface area contributed by atoms with Gasteiger partial charge in [-0.25, -0.2) is 14.6 Å². The van der Waals surface area contributed by atoms with Gasteiger partial charge >= 0.3 is 18.2 Å². The number of carboxylic acid groups (broad SMARTS) is 2. The van der Waals surface area contributed by atoms with E-state index in [9.17, 15) is 18.0 Å². The van der Waals surface area contributed by atoms with Crippen LogP contribution in [0.25, 0.3) is 11.5 Å². The Labute approximate surface area is 200 Å². The van der Waals surface area contributed by atoms with E-state index in [1.807, 2.05) is 12.1 Å². The van der Waals surface area contributed by atoms with Crippen LogP contribution in [0.2, 0.25) is 0 Å². The van der Waals surface area contributed by atoms with Gasteiger partial charge in [0.1, 0.15) is 6.26 Å². The largest absolute Gasteiger partial charge is 0.490 e. The first-order valence-corrected chi connectivity index (χ1v) is 11.4. The summed E-state index contributed by atoms with van der Waals surface area (Å²) in [5.41, 5.74) is 2.18. The van der Waals surface area contributed by atoms with Crippen LogP contribution < -0.4 is 15.5 Å². The average molecular weight is 499 g/mol. The van der Waals surface area contributed by atoms with Crippen LogP contribution >= 0.6 is 0 Å². The molecule has 2 aliphatic rings. The molecule has 1 saturated carbocycles. The minimum absolute atomic E-state index is 0.0155. The standard InChI is InChI=1S/C21H28N4O3.C2HF3O2/c26-21(27)24-19-6-2-1-5-18(19)23-16-4-3-12-25(14-16)17-9-7-15(8-10-17)20-22-11-13-28-20;3-2(4,5)1(6)7/h7-11,13,16,18-19,23-24H,1-6,12,14H2,(H,26,27);(H,6,7)/t16-,18+,19+;/m0./s1. The van der Waals surface area contributed by atoms with Crippen molar-refractivity contribution in [2.45, 2.75) is 62.8 Å². The summed E-state index contributed by atoms with van der Waals surface area (Å²) in [5, 5.41) is 22.7.